The molecule has 4 rings (SSSR count). The second-order valence-corrected chi connectivity index (χ2v) is 6.31. The SMILES string of the molecule is c1ccc([C@H]2NC[C@H](c3ccccc3)N[C@@H]2c2ccccc2)cc1. The summed E-state index contributed by atoms with van der Waals surface area (Å²) in [6.07, 6.45) is 0. The summed E-state index contributed by atoms with van der Waals surface area (Å²) in [6, 6.07) is 33.0. The normalized spacial score (nSPS) is 23.8. The molecule has 0 amide bonds. The van der Waals surface area contributed by atoms with E-state index >= 15 is 0 Å². The Morgan fingerprint density at radius 1 is 0.542 bits per heavy atom. The maximum Gasteiger partial charge on any atom is 0.0523 e. The van der Waals surface area contributed by atoms with Gasteiger partial charge in [0.2, 0.25) is 0 Å². The summed E-state index contributed by atoms with van der Waals surface area (Å²) < 4.78 is 0. The molecule has 2 heteroatoms. The molecule has 3 aromatic carbocycles. The number of hydrogen-bond acceptors (Lipinski definition) is 2. The van der Waals surface area contributed by atoms with Crippen molar-refractivity contribution in [1.82, 2.24) is 10.6 Å². The molecular formula is C22H22N2. The number of rotatable bonds is 3. The van der Waals surface area contributed by atoms with Gasteiger partial charge in [0.15, 0.2) is 0 Å². The minimum Gasteiger partial charge on any atom is -0.306 e. The Kier molecular flexibility index (Phi) is 4.41. The lowest BCUT2D eigenvalue weighted by Crippen LogP contribution is -2.47. The van der Waals surface area contributed by atoms with Gasteiger partial charge in [0, 0.05) is 12.6 Å². The highest BCUT2D eigenvalue weighted by Gasteiger charge is 2.32. The molecule has 0 spiro atoms. The highest BCUT2D eigenvalue weighted by atomic mass is 15.1. The monoisotopic (exact) mass is 314 g/mol. The Hall–Kier alpha value is -2.42. The molecule has 0 aliphatic carbocycles. The van der Waals surface area contributed by atoms with Gasteiger partial charge < -0.3 is 10.6 Å². The second kappa shape index (κ2) is 7.00. The van der Waals surface area contributed by atoms with E-state index in [4.69, 9.17) is 0 Å². The molecule has 3 aromatic rings. The van der Waals surface area contributed by atoms with E-state index in [1.807, 2.05) is 0 Å². The summed E-state index contributed by atoms with van der Waals surface area (Å²) in [6.45, 7) is 0.924. The van der Waals surface area contributed by atoms with E-state index in [-0.39, 0.29) is 12.1 Å². The molecule has 120 valence electrons. The van der Waals surface area contributed by atoms with Crippen LogP contribution in [0.2, 0.25) is 0 Å². The first kappa shape index (κ1) is 15.1. The molecule has 0 unspecified atom stereocenters. The zero-order valence-corrected chi connectivity index (χ0v) is 13.6. The molecule has 2 N–H and O–H groups in total. The van der Waals surface area contributed by atoms with Crippen LogP contribution >= 0.6 is 0 Å². The van der Waals surface area contributed by atoms with Gasteiger partial charge in [0.25, 0.3) is 0 Å². The molecule has 1 aliphatic rings. The quantitative estimate of drug-likeness (QED) is 0.748. The zero-order valence-electron chi connectivity index (χ0n) is 13.6. The molecule has 3 atom stereocenters. The fourth-order valence-electron chi connectivity index (χ4n) is 3.55. The first-order chi connectivity index (χ1) is 11.9. The van der Waals surface area contributed by atoms with Gasteiger partial charge in [-0.05, 0) is 16.7 Å². The van der Waals surface area contributed by atoms with Gasteiger partial charge in [-0.1, -0.05) is 91.0 Å². The third-order valence-electron chi connectivity index (χ3n) is 4.78. The average molecular weight is 314 g/mol. The van der Waals surface area contributed by atoms with E-state index in [0.29, 0.717) is 6.04 Å². The Balaban J connectivity index is 1.67. The van der Waals surface area contributed by atoms with Crippen molar-refractivity contribution in [3.63, 3.8) is 0 Å². The van der Waals surface area contributed by atoms with Crippen LogP contribution < -0.4 is 10.6 Å². The predicted octanol–water partition coefficient (Wildman–Crippen LogP) is 4.40. The van der Waals surface area contributed by atoms with Gasteiger partial charge in [-0.3, -0.25) is 0 Å². The number of benzene rings is 3. The van der Waals surface area contributed by atoms with E-state index in [1.54, 1.807) is 0 Å². The molecule has 0 aromatic heterocycles. The largest absolute Gasteiger partial charge is 0.306 e. The molecule has 0 bridgehead atoms. The number of nitrogens with one attached hydrogen (secondary N) is 2. The van der Waals surface area contributed by atoms with Gasteiger partial charge in [0.1, 0.15) is 0 Å². The molecule has 24 heavy (non-hydrogen) atoms. The van der Waals surface area contributed by atoms with Crippen molar-refractivity contribution in [2.75, 3.05) is 6.54 Å². The summed E-state index contributed by atoms with van der Waals surface area (Å²) in [7, 11) is 0. The summed E-state index contributed by atoms with van der Waals surface area (Å²) in [4.78, 5) is 0. The first-order valence-corrected chi connectivity index (χ1v) is 8.56. The van der Waals surface area contributed by atoms with Crippen LogP contribution in [0.1, 0.15) is 34.8 Å². The van der Waals surface area contributed by atoms with E-state index in [9.17, 15) is 0 Å². The van der Waals surface area contributed by atoms with E-state index in [0.717, 1.165) is 6.54 Å². The van der Waals surface area contributed by atoms with Crippen LogP contribution in [0.3, 0.4) is 0 Å². The molecule has 2 nitrogen and oxygen atoms in total. The minimum absolute atomic E-state index is 0.243. The lowest BCUT2D eigenvalue weighted by atomic mass is 9.89. The highest BCUT2D eigenvalue weighted by Crippen LogP contribution is 2.34. The Labute approximate surface area is 143 Å². The highest BCUT2D eigenvalue weighted by molar-refractivity contribution is 5.30. The zero-order chi connectivity index (χ0) is 16.2. The Morgan fingerprint density at radius 3 is 1.54 bits per heavy atom. The summed E-state index contributed by atoms with van der Waals surface area (Å²) in [5, 5.41) is 7.64. The van der Waals surface area contributed by atoms with E-state index in [2.05, 4.69) is 102 Å². The number of hydrogen-bond donors (Lipinski definition) is 2. The molecule has 1 aliphatic heterocycles. The molecule has 0 saturated carbocycles. The van der Waals surface area contributed by atoms with Crippen LogP contribution in [0, 0.1) is 0 Å². The summed E-state index contributed by atoms with van der Waals surface area (Å²) in [5.74, 6) is 0. The van der Waals surface area contributed by atoms with Gasteiger partial charge in [-0.2, -0.15) is 0 Å². The lowest BCUT2D eigenvalue weighted by molar-refractivity contribution is 0.275. The van der Waals surface area contributed by atoms with Crippen LogP contribution in [0.4, 0.5) is 0 Å². The third-order valence-corrected chi connectivity index (χ3v) is 4.78. The smallest absolute Gasteiger partial charge is 0.0523 e. The molecular weight excluding hydrogens is 292 g/mol. The maximum atomic E-state index is 3.87. The van der Waals surface area contributed by atoms with E-state index in [1.165, 1.54) is 16.7 Å². The topological polar surface area (TPSA) is 24.1 Å². The van der Waals surface area contributed by atoms with Crippen LogP contribution in [0.5, 0.6) is 0 Å². The standard InChI is InChI=1S/C22H22N2/c1-4-10-17(11-5-1)20-16-23-21(18-12-6-2-7-13-18)22(24-20)19-14-8-3-9-15-19/h1-15,20-24H,16H2/t20-,21-,22-/m1/s1. The van der Waals surface area contributed by atoms with Gasteiger partial charge in [0.05, 0.1) is 12.1 Å². The molecule has 1 heterocycles. The van der Waals surface area contributed by atoms with Crippen molar-refractivity contribution in [1.29, 1.82) is 0 Å². The first-order valence-electron chi connectivity index (χ1n) is 8.56. The molecule has 1 fully saturated rings. The summed E-state index contributed by atoms with van der Waals surface area (Å²) >= 11 is 0. The van der Waals surface area contributed by atoms with Crippen LogP contribution in [0.25, 0.3) is 0 Å². The van der Waals surface area contributed by atoms with Gasteiger partial charge >= 0.3 is 0 Å². The lowest BCUT2D eigenvalue weighted by Gasteiger charge is -2.39. The number of piperazine rings is 1. The minimum atomic E-state index is 0.243. The molecule has 1 saturated heterocycles. The second-order valence-electron chi connectivity index (χ2n) is 6.31. The third kappa shape index (κ3) is 3.12. The summed E-state index contributed by atoms with van der Waals surface area (Å²) in [5.41, 5.74) is 3.97. The Bertz CT molecular complexity index is 756. The maximum absolute atomic E-state index is 3.87. The van der Waals surface area contributed by atoms with Crippen LogP contribution in [-0.2, 0) is 0 Å². The van der Waals surface area contributed by atoms with Crippen molar-refractivity contribution in [3.05, 3.63) is 108 Å². The average Bonchev–Trinajstić information content (AvgIpc) is 2.69. The van der Waals surface area contributed by atoms with Crippen molar-refractivity contribution in [2.45, 2.75) is 18.1 Å². The van der Waals surface area contributed by atoms with Crippen LogP contribution in [-0.4, -0.2) is 6.54 Å². The molecule has 0 radical (unpaired) electrons. The fraction of sp³-hybridized carbons (Fsp3) is 0.182. The fourth-order valence-corrected chi connectivity index (χ4v) is 3.55. The predicted molar refractivity (Wildman–Crippen MR) is 98.7 cm³/mol. The van der Waals surface area contributed by atoms with Crippen molar-refractivity contribution >= 4 is 0 Å². The Morgan fingerprint density at radius 2 is 1.00 bits per heavy atom. The van der Waals surface area contributed by atoms with Gasteiger partial charge in [-0.25, -0.2) is 0 Å². The van der Waals surface area contributed by atoms with Crippen molar-refractivity contribution in [2.24, 2.45) is 0 Å². The van der Waals surface area contributed by atoms with E-state index < -0.39 is 0 Å². The van der Waals surface area contributed by atoms with Crippen molar-refractivity contribution < 1.29 is 0 Å². The van der Waals surface area contributed by atoms with Crippen molar-refractivity contribution in [3.8, 4) is 0 Å². The van der Waals surface area contributed by atoms with Gasteiger partial charge in [-0.15, -0.1) is 0 Å². The van der Waals surface area contributed by atoms with Crippen LogP contribution in [0.15, 0.2) is 91.0 Å².